The van der Waals surface area contributed by atoms with Crippen molar-refractivity contribution in [3.05, 3.63) is 64.5 Å². The van der Waals surface area contributed by atoms with Crippen LogP contribution in [0.1, 0.15) is 35.7 Å². The van der Waals surface area contributed by atoms with Gasteiger partial charge in [0, 0.05) is 49.6 Å². The van der Waals surface area contributed by atoms with Crippen LogP contribution in [0.25, 0.3) is 0 Å². The van der Waals surface area contributed by atoms with E-state index in [1.807, 2.05) is 13.8 Å². The molecule has 0 saturated carbocycles. The molecule has 2 aromatic carbocycles. The molecule has 12 nitrogen and oxygen atoms in total. The van der Waals surface area contributed by atoms with Crippen LogP contribution in [0, 0.1) is 19.8 Å². The lowest BCUT2D eigenvalue weighted by Crippen LogP contribution is -2.50. The van der Waals surface area contributed by atoms with Gasteiger partial charge in [-0.05, 0) is 63.2 Å². The number of hydrogen-bond acceptors (Lipinski definition) is 7. The van der Waals surface area contributed by atoms with Crippen LogP contribution in [0.2, 0.25) is 5.02 Å². The van der Waals surface area contributed by atoms with Gasteiger partial charge in [0.25, 0.3) is 5.91 Å². The second kappa shape index (κ2) is 13.8. The van der Waals surface area contributed by atoms with Crippen molar-refractivity contribution in [2.75, 3.05) is 49.8 Å². The molecule has 3 aromatic rings. The molecule has 1 aromatic heterocycles. The molecule has 5 amide bonds. The first-order chi connectivity index (χ1) is 20.5. The second-order valence-electron chi connectivity index (χ2n) is 10.7. The lowest BCUT2D eigenvalue weighted by molar-refractivity contribution is 0.0174. The molecule has 13 heteroatoms. The molecular formula is C30H37ClN6O6. The highest BCUT2D eigenvalue weighted by molar-refractivity contribution is 6.30. The van der Waals surface area contributed by atoms with E-state index in [0.717, 1.165) is 0 Å². The Labute approximate surface area is 255 Å². The van der Waals surface area contributed by atoms with Gasteiger partial charge in [-0.1, -0.05) is 23.7 Å². The number of aryl methyl sites for hydroxylation is 2. The number of benzene rings is 2. The van der Waals surface area contributed by atoms with Crippen molar-refractivity contribution in [2.45, 2.75) is 39.8 Å². The SMILES string of the molecule is CO[C@H]1CN(C)C(=O)c2cc(NC(=O)Nc3ccc(Cl)cc3)ccc2OC[C@H](C)N(C(=O)Nc2c(C)noc2C)C[C@H]1C. The van der Waals surface area contributed by atoms with Gasteiger partial charge in [-0.25, -0.2) is 9.59 Å². The summed E-state index contributed by atoms with van der Waals surface area (Å²) in [5.74, 6) is 0.391. The number of aromatic nitrogens is 1. The van der Waals surface area contributed by atoms with Crippen LogP contribution in [0.5, 0.6) is 5.75 Å². The number of likely N-dealkylation sites (N-methyl/N-ethyl adjacent to an activating group) is 1. The molecule has 0 fully saturated rings. The third kappa shape index (κ3) is 7.76. The van der Waals surface area contributed by atoms with E-state index in [9.17, 15) is 14.4 Å². The largest absolute Gasteiger partial charge is 0.491 e. The minimum absolute atomic E-state index is 0.104. The second-order valence-corrected chi connectivity index (χ2v) is 11.1. The summed E-state index contributed by atoms with van der Waals surface area (Å²) in [5, 5.41) is 12.9. The van der Waals surface area contributed by atoms with Crippen LogP contribution in [-0.4, -0.2) is 78.9 Å². The fourth-order valence-corrected chi connectivity index (χ4v) is 4.93. The number of nitrogens with zero attached hydrogens (tertiary/aromatic N) is 3. The van der Waals surface area contributed by atoms with E-state index in [1.165, 1.54) is 0 Å². The van der Waals surface area contributed by atoms with E-state index in [2.05, 4.69) is 21.1 Å². The van der Waals surface area contributed by atoms with Gasteiger partial charge >= 0.3 is 12.1 Å². The molecule has 4 rings (SSSR count). The van der Waals surface area contributed by atoms with E-state index in [1.54, 1.807) is 80.3 Å². The summed E-state index contributed by atoms with van der Waals surface area (Å²) in [5.41, 5.74) is 2.31. The van der Waals surface area contributed by atoms with Crippen LogP contribution < -0.4 is 20.7 Å². The van der Waals surface area contributed by atoms with Gasteiger partial charge in [-0.15, -0.1) is 0 Å². The van der Waals surface area contributed by atoms with Crippen molar-refractivity contribution in [2.24, 2.45) is 5.92 Å². The molecule has 0 spiro atoms. The van der Waals surface area contributed by atoms with E-state index in [-0.39, 0.29) is 48.7 Å². The molecule has 3 atom stereocenters. The Kier molecular flexibility index (Phi) is 10.1. The fourth-order valence-electron chi connectivity index (χ4n) is 4.80. The standard InChI is InChI=1S/C30H37ClN6O6/c1-17-14-37(30(40)34-27-19(3)35-43-20(27)4)18(2)16-42-25-12-11-23(13-24(25)28(38)36(5)15-26(17)41-6)33-29(39)32-22-9-7-21(31)8-10-22/h7-13,17-18,26H,14-16H2,1-6H3,(H,34,40)(H2,32,33,39)/t17-,18+,26+/m1/s1. The smallest absolute Gasteiger partial charge is 0.323 e. The highest BCUT2D eigenvalue weighted by Crippen LogP contribution is 2.27. The van der Waals surface area contributed by atoms with Crippen molar-refractivity contribution in [3.63, 3.8) is 0 Å². The molecule has 2 heterocycles. The molecule has 1 aliphatic heterocycles. The van der Waals surface area contributed by atoms with Crippen LogP contribution in [0.15, 0.2) is 47.0 Å². The zero-order chi connectivity index (χ0) is 31.3. The summed E-state index contributed by atoms with van der Waals surface area (Å²) < 4.78 is 17.1. The highest BCUT2D eigenvalue weighted by Gasteiger charge is 2.31. The Morgan fingerprint density at radius 1 is 1.02 bits per heavy atom. The Morgan fingerprint density at radius 2 is 1.70 bits per heavy atom. The van der Waals surface area contributed by atoms with Crippen molar-refractivity contribution in [1.29, 1.82) is 0 Å². The molecule has 0 bridgehead atoms. The predicted molar refractivity (Wildman–Crippen MR) is 164 cm³/mol. The number of halogens is 1. The number of rotatable bonds is 4. The zero-order valence-corrected chi connectivity index (χ0v) is 25.8. The summed E-state index contributed by atoms with van der Waals surface area (Å²) in [6.07, 6.45) is -0.370. The number of amides is 5. The molecule has 0 radical (unpaired) electrons. The van der Waals surface area contributed by atoms with Crippen LogP contribution in [0.3, 0.4) is 0 Å². The van der Waals surface area contributed by atoms with Crippen molar-refractivity contribution in [1.82, 2.24) is 15.0 Å². The number of urea groups is 2. The predicted octanol–water partition coefficient (Wildman–Crippen LogP) is 5.63. The van der Waals surface area contributed by atoms with Gasteiger partial charge < -0.3 is 39.7 Å². The fraction of sp³-hybridized carbons (Fsp3) is 0.400. The van der Waals surface area contributed by atoms with Gasteiger partial charge in [0.05, 0.1) is 17.7 Å². The maximum Gasteiger partial charge on any atom is 0.323 e. The number of methoxy groups -OCH3 is 1. The number of carbonyl (C=O) groups is 3. The lowest BCUT2D eigenvalue weighted by Gasteiger charge is -2.36. The summed E-state index contributed by atoms with van der Waals surface area (Å²) in [6.45, 7) is 8.04. The molecule has 3 N–H and O–H groups in total. The first kappa shape index (κ1) is 31.6. The third-order valence-corrected chi connectivity index (χ3v) is 7.58. The third-order valence-electron chi connectivity index (χ3n) is 7.33. The summed E-state index contributed by atoms with van der Waals surface area (Å²) >= 11 is 5.92. The highest BCUT2D eigenvalue weighted by atomic mass is 35.5. The Morgan fingerprint density at radius 3 is 2.35 bits per heavy atom. The first-order valence-electron chi connectivity index (χ1n) is 13.9. The quantitative estimate of drug-likeness (QED) is 0.347. The molecule has 0 aliphatic carbocycles. The van der Waals surface area contributed by atoms with Gasteiger partial charge in [-0.2, -0.15) is 0 Å². The molecular weight excluding hydrogens is 576 g/mol. The number of fused-ring (bicyclic) bond motifs is 1. The maximum atomic E-state index is 13.6. The average Bonchev–Trinajstić information content (AvgIpc) is 3.29. The minimum Gasteiger partial charge on any atom is -0.491 e. The van der Waals surface area contributed by atoms with Crippen LogP contribution >= 0.6 is 11.6 Å². The Hall–Kier alpha value is -4.29. The number of nitrogens with one attached hydrogen (secondary N) is 3. The van der Waals surface area contributed by atoms with Gasteiger partial charge in [-0.3, -0.25) is 4.79 Å². The minimum atomic E-state index is -0.487. The monoisotopic (exact) mass is 612 g/mol. The van der Waals surface area contributed by atoms with Crippen molar-refractivity contribution >= 4 is 46.6 Å². The number of hydrogen-bond donors (Lipinski definition) is 3. The zero-order valence-electron chi connectivity index (χ0n) is 25.1. The Bertz CT molecular complexity index is 1440. The van der Waals surface area contributed by atoms with E-state index in [0.29, 0.717) is 45.8 Å². The summed E-state index contributed by atoms with van der Waals surface area (Å²) in [6, 6.07) is 10.3. The van der Waals surface area contributed by atoms with Crippen molar-refractivity contribution < 1.29 is 28.4 Å². The van der Waals surface area contributed by atoms with Gasteiger partial charge in [0.2, 0.25) is 0 Å². The van der Waals surface area contributed by atoms with E-state index >= 15 is 0 Å². The van der Waals surface area contributed by atoms with E-state index < -0.39 is 6.03 Å². The van der Waals surface area contributed by atoms with Gasteiger partial charge in [0.1, 0.15) is 23.7 Å². The van der Waals surface area contributed by atoms with Crippen LogP contribution in [0.4, 0.5) is 26.7 Å². The average molecular weight is 613 g/mol. The molecule has 230 valence electrons. The normalized spacial score (nSPS) is 19.4. The summed E-state index contributed by atoms with van der Waals surface area (Å²) in [4.78, 5) is 43.0. The molecule has 0 saturated heterocycles. The Balaban J connectivity index is 1.59. The molecule has 43 heavy (non-hydrogen) atoms. The molecule has 0 unspecified atom stereocenters. The number of ether oxygens (including phenoxy) is 2. The van der Waals surface area contributed by atoms with E-state index in [4.69, 9.17) is 25.6 Å². The summed E-state index contributed by atoms with van der Waals surface area (Å²) in [7, 11) is 3.26. The van der Waals surface area contributed by atoms with Gasteiger partial charge in [0.15, 0.2) is 5.76 Å². The van der Waals surface area contributed by atoms with Crippen molar-refractivity contribution in [3.8, 4) is 5.75 Å². The number of anilines is 3. The first-order valence-corrected chi connectivity index (χ1v) is 14.2. The lowest BCUT2D eigenvalue weighted by atomic mass is 10.0. The topological polar surface area (TPSA) is 138 Å². The van der Waals surface area contributed by atoms with Crippen LogP contribution in [-0.2, 0) is 4.74 Å². The number of carbonyl (C=O) groups excluding carboxylic acids is 3. The molecule has 1 aliphatic rings. The maximum absolute atomic E-state index is 13.6.